The average molecular weight is 358 g/mol. The Kier molecular flexibility index (Phi) is 6.16. The molecular weight excluding hydrogens is 342 g/mol. The molecule has 0 atom stereocenters. The van der Waals surface area contributed by atoms with Gasteiger partial charge in [-0.05, 0) is 18.2 Å². The molecule has 7 nitrogen and oxygen atoms in total. The van der Waals surface area contributed by atoms with E-state index in [9.17, 15) is 14.4 Å². The molecule has 0 unspecified atom stereocenters. The normalized spacial score (nSPS) is 9.86. The maximum absolute atomic E-state index is 11.9. The molecule has 0 aliphatic rings. The zero-order valence-electron chi connectivity index (χ0n) is 11.7. The molecule has 0 saturated carbocycles. The number of hydrogen-bond acceptors (Lipinski definition) is 5. The molecule has 0 radical (unpaired) electrons. The van der Waals surface area contributed by atoms with Gasteiger partial charge < -0.3 is 20.7 Å². The third-order valence-electron chi connectivity index (χ3n) is 2.65. The van der Waals surface area contributed by atoms with Crippen LogP contribution in [0.5, 0.6) is 0 Å². The lowest BCUT2D eigenvalue weighted by molar-refractivity contribution is -0.137. The quantitative estimate of drug-likeness (QED) is 0.586. The van der Waals surface area contributed by atoms with E-state index >= 15 is 0 Å². The van der Waals surface area contributed by atoms with E-state index < -0.39 is 18.5 Å². The molecule has 114 valence electrons. The number of carbonyl (C=O) groups is 3. The number of nitrogens with one attached hydrogen (secondary N) is 1. The van der Waals surface area contributed by atoms with E-state index in [0.29, 0.717) is 4.47 Å². The first-order valence-electron chi connectivity index (χ1n) is 6.02. The van der Waals surface area contributed by atoms with Gasteiger partial charge in [-0.25, -0.2) is 4.79 Å². The van der Waals surface area contributed by atoms with Crippen molar-refractivity contribution in [3.8, 4) is 0 Å². The van der Waals surface area contributed by atoms with E-state index in [-0.39, 0.29) is 23.7 Å². The molecule has 0 aliphatic heterocycles. The molecule has 0 spiro atoms. The van der Waals surface area contributed by atoms with Crippen molar-refractivity contribution in [3.63, 3.8) is 0 Å². The number of hydrogen-bond donors (Lipinski definition) is 2. The summed E-state index contributed by atoms with van der Waals surface area (Å²) in [6, 6.07) is 4.75. The van der Waals surface area contributed by atoms with E-state index in [1.807, 2.05) is 0 Å². The van der Waals surface area contributed by atoms with Crippen LogP contribution in [0.25, 0.3) is 0 Å². The van der Waals surface area contributed by atoms with E-state index in [2.05, 4.69) is 21.2 Å². The summed E-state index contributed by atoms with van der Waals surface area (Å²) >= 11 is 3.22. The van der Waals surface area contributed by atoms with Gasteiger partial charge in [0.25, 0.3) is 5.91 Å². The van der Waals surface area contributed by atoms with Crippen LogP contribution in [0.15, 0.2) is 22.7 Å². The van der Waals surface area contributed by atoms with Crippen LogP contribution in [-0.2, 0) is 14.3 Å². The minimum absolute atomic E-state index is 0.105. The highest BCUT2D eigenvalue weighted by molar-refractivity contribution is 9.10. The highest BCUT2D eigenvalue weighted by Crippen LogP contribution is 2.19. The fourth-order valence-corrected chi connectivity index (χ4v) is 1.76. The zero-order chi connectivity index (χ0) is 16.0. The topological polar surface area (TPSA) is 102 Å². The highest BCUT2D eigenvalue weighted by atomic mass is 79.9. The van der Waals surface area contributed by atoms with E-state index in [0.717, 1.165) is 4.90 Å². The van der Waals surface area contributed by atoms with E-state index in [4.69, 9.17) is 10.5 Å². The van der Waals surface area contributed by atoms with Crippen molar-refractivity contribution in [1.82, 2.24) is 10.2 Å². The Balaban J connectivity index is 2.58. The zero-order valence-corrected chi connectivity index (χ0v) is 13.3. The van der Waals surface area contributed by atoms with Gasteiger partial charge in [-0.3, -0.25) is 9.59 Å². The van der Waals surface area contributed by atoms with Crippen LogP contribution in [-0.4, -0.2) is 49.9 Å². The standard InChI is InChI=1S/C13H16BrN3O4/c1-16-11(18)6-17(2)12(19)7-21-13(20)9-5-8(14)3-4-10(9)15/h3-5H,6-7,15H2,1-2H3,(H,16,18). The van der Waals surface area contributed by atoms with Gasteiger partial charge in [0.2, 0.25) is 5.91 Å². The van der Waals surface area contributed by atoms with Crippen LogP contribution in [0.2, 0.25) is 0 Å². The SMILES string of the molecule is CNC(=O)CN(C)C(=O)COC(=O)c1cc(Br)ccc1N. The van der Waals surface area contributed by atoms with E-state index in [1.54, 1.807) is 12.1 Å². The number of rotatable bonds is 5. The van der Waals surface area contributed by atoms with Crippen LogP contribution >= 0.6 is 15.9 Å². The molecule has 0 fully saturated rings. The number of nitrogens with zero attached hydrogens (tertiary/aromatic N) is 1. The fourth-order valence-electron chi connectivity index (χ4n) is 1.40. The smallest absolute Gasteiger partial charge is 0.340 e. The summed E-state index contributed by atoms with van der Waals surface area (Å²) in [5.41, 5.74) is 6.10. The first kappa shape index (κ1) is 17.0. The molecule has 3 N–H and O–H groups in total. The van der Waals surface area contributed by atoms with Crippen LogP contribution in [0.4, 0.5) is 5.69 Å². The van der Waals surface area contributed by atoms with Crippen LogP contribution in [0.3, 0.4) is 0 Å². The minimum atomic E-state index is -0.699. The number of nitrogen functional groups attached to an aromatic ring is 1. The largest absolute Gasteiger partial charge is 0.452 e. The lowest BCUT2D eigenvalue weighted by atomic mass is 10.2. The summed E-state index contributed by atoms with van der Waals surface area (Å²) in [6.07, 6.45) is 0. The van der Waals surface area contributed by atoms with Crippen molar-refractivity contribution >= 4 is 39.4 Å². The summed E-state index contributed by atoms with van der Waals surface area (Å²) in [6.45, 7) is -0.565. The van der Waals surface area contributed by atoms with Crippen molar-refractivity contribution in [3.05, 3.63) is 28.2 Å². The number of halogens is 1. The van der Waals surface area contributed by atoms with Gasteiger partial charge in [-0.2, -0.15) is 0 Å². The lowest BCUT2D eigenvalue weighted by Gasteiger charge is -2.16. The lowest BCUT2D eigenvalue weighted by Crippen LogP contribution is -2.39. The second-order valence-electron chi connectivity index (χ2n) is 4.23. The molecule has 1 aromatic carbocycles. The Hall–Kier alpha value is -2.09. The number of amides is 2. The Morgan fingerprint density at radius 1 is 1.38 bits per heavy atom. The van der Waals surface area contributed by atoms with Crippen LogP contribution in [0, 0.1) is 0 Å². The first-order chi connectivity index (χ1) is 9.85. The summed E-state index contributed by atoms with van der Waals surface area (Å²) < 4.78 is 5.57. The van der Waals surface area contributed by atoms with Gasteiger partial charge in [0.05, 0.1) is 12.1 Å². The highest BCUT2D eigenvalue weighted by Gasteiger charge is 2.17. The molecule has 0 aromatic heterocycles. The van der Waals surface area contributed by atoms with Crippen molar-refractivity contribution in [2.45, 2.75) is 0 Å². The molecular formula is C13H16BrN3O4. The maximum atomic E-state index is 11.9. The number of benzene rings is 1. The van der Waals surface area contributed by atoms with Gasteiger partial charge in [0.15, 0.2) is 6.61 Å². The van der Waals surface area contributed by atoms with Gasteiger partial charge >= 0.3 is 5.97 Å². The molecule has 0 saturated heterocycles. The molecule has 1 aromatic rings. The molecule has 8 heteroatoms. The number of nitrogens with two attached hydrogens (primary N) is 1. The predicted octanol–water partition coefficient (Wildman–Crippen LogP) is 0.393. The monoisotopic (exact) mass is 357 g/mol. The Bertz CT molecular complexity index is 562. The fraction of sp³-hybridized carbons (Fsp3) is 0.308. The van der Waals surface area contributed by atoms with Crippen molar-refractivity contribution in [2.24, 2.45) is 0 Å². The number of esters is 1. The van der Waals surface area contributed by atoms with Crippen LogP contribution in [0.1, 0.15) is 10.4 Å². The van der Waals surface area contributed by atoms with Gasteiger partial charge in [-0.15, -0.1) is 0 Å². The first-order valence-corrected chi connectivity index (χ1v) is 6.81. The van der Waals surface area contributed by atoms with Gasteiger partial charge in [0.1, 0.15) is 0 Å². The molecule has 2 amide bonds. The number of carbonyl (C=O) groups excluding carboxylic acids is 3. The summed E-state index contributed by atoms with van der Waals surface area (Å²) in [5.74, 6) is -1.50. The predicted molar refractivity (Wildman–Crippen MR) is 80.5 cm³/mol. The summed E-state index contributed by atoms with van der Waals surface area (Å²) in [4.78, 5) is 35.9. The summed E-state index contributed by atoms with van der Waals surface area (Å²) in [7, 11) is 2.91. The van der Waals surface area contributed by atoms with Crippen LogP contribution < -0.4 is 11.1 Å². The van der Waals surface area contributed by atoms with Crippen molar-refractivity contribution < 1.29 is 19.1 Å². The third kappa shape index (κ3) is 5.07. The average Bonchev–Trinajstić information content (AvgIpc) is 2.46. The Morgan fingerprint density at radius 3 is 2.67 bits per heavy atom. The third-order valence-corrected chi connectivity index (χ3v) is 3.14. The van der Waals surface area contributed by atoms with Gasteiger partial charge in [-0.1, -0.05) is 15.9 Å². The molecule has 0 bridgehead atoms. The van der Waals surface area contributed by atoms with Crippen molar-refractivity contribution in [1.29, 1.82) is 0 Å². The molecule has 21 heavy (non-hydrogen) atoms. The van der Waals surface area contributed by atoms with Gasteiger partial charge in [0, 0.05) is 24.3 Å². The van der Waals surface area contributed by atoms with Crippen molar-refractivity contribution in [2.75, 3.05) is 33.0 Å². The number of anilines is 1. The minimum Gasteiger partial charge on any atom is -0.452 e. The summed E-state index contributed by atoms with van der Waals surface area (Å²) in [5, 5.41) is 2.39. The Morgan fingerprint density at radius 2 is 2.05 bits per heavy atom. The number of likely N-dealkylation sites (N-methyl/N-ethyl adjacent to an activating group) is 2. The second kappa shape index (κ2) is 7.63. The van der Waals surface area contributed by atoms with E-state index in [1.165, 1.54) is 20.2 Å². The maximum Gasteiger partial charge on any atom is 0.340 e. The molecule has 0 heterocycles. The number of ether oxygens (including phenoxy) is 1. The Labute approximate surface area is 130 Å². The molecule has 1 rings (SSSR count). The molecule has 0 aliphatic carbocycles. The second-order valence-corrected chi connectivity index (χ2v) is 5.15.